The average molecular weight is 441 g/mol. The molecule has 2 aliphatic rings. The lowest BCUT2D eigenvalue weighted by atomic mass is 9.77. The van der Waals surface area contributed by atoms with Crippen molar-refractivity contribution in [2.24, 2.45) is 0 Å². The number of hydrogen-bond acceptors (Lipinski definition) is 3. The van der Waals surface area contributed by atoms with E-state index in [1.54, 1.807) is 7.11 Å². The van der Waals surface area contributed by atoms with E-state index >= 15 is 0 Å². The predicted molar refractivity (Wildman–Crippen MR) is 122 cm³/mol. The average Bonchev–Trinajstić information content (AvgIpc) is 3.48. The Bertz CT molecular complexity index is 910. The molecule has 2 amide bonds. The number of benzene rings is 2. The van der Waals surface area contributed by atoms with Gasteiger partial charge in [0, 0.05) is 19.0 Å². The summed E-state index contributed by atoms with van der Waals surface area (Å²) in [6.45, 7) is 1.07. The molecular formula is C25H29ClN2O3. The Kier molecular flexibility index (Phi) is 6.51. The Morgan fingerprint density at radius 2 is 1.74 bits per heavy atom. The van der Waals surface area contributed by atoms with Crippen LogP contribution in [0.2, 0.25) is 0 Å². The second-order valence-electron chi connectivity index (χ2n) is 8.55. The lowest BCUT2D eigenvalue weighted by Crippen LogP contribution is -2.46. The molecule has 1 saturated heterocycles. The standard InChI is InChI=1S/C25H29ClN2O3/c1-31-20-11-9-18(10-12-20)21-16-28(17-22(21)27-23(29)15-26)24(30)25(13-5-6-14-25)19-7-3-2-4-8-19/h2-4,7-12,21-22H,5-6,13-17H2,1H3,(H,27,29)/t21-,22+/m0/s1. The van der Waals surface area contributed by atoms with Crippen LogP contribution in [-0.4, -0.2) is 48.8 Å². The summed E-state index contributed by atoms with van der Waals surface area (Å²) in [5.74, 6) is 0.671. The molecule has 31 heavy (non-hydrogen) atoms. The number of halogens is 1. The van der Waals surface area contributed by atoms with Crippen LogP contribution in [0.25, 0.3) is 0 Å². The molecule has 2 fully saturated rings. The number of carbonyl (C=O) groups excluding carboxylic acids is 2. The van der Waals surface area contributed by atoms with Crippen LogP contribution in [0.3, 0.4) is 0 Å². The number of hydrogen-bond donors (Lipinski definition) is 1. The van der Waals surface area contributed by atoms with E-state index in [-0.39, 0.29) is 29.7 Å². The molecule has 164 valence electrons. The number of rotatable bonds is 6. The molecule has 0 bridgehead atoms. The van der Waals surface area contributed by atoms with Crippen molar-refractivity contribution in [2.75, 3.05) is 26.1 Å². The Hall–Kier alpha value is -2.53. The van der Waals surface area contributed by atoms with Crippen LogP contribution in [0, 0.1) is 0 Å². The van der Waals surface area contributed by atoms with Gasteiger partial charge in [-0.05, 0) is 36.1 Å². The zero-order valence-corrected chi connectivity index (χ0v) is 18.6. The molecule has 1 saturated carbocycles. The molecule has 5 nitrogen and oxygen atoms in total. The van der Waals surface area contributed by atoms with Gasteiger partial charge in [0.1, 0.15) is 11.6 Å². The smallest absolute Gasteiger partial charge is 0.235 e. The van der Waals surface area contributed by atoms with E-state index in [0.717, 1.165) is 42.6 Å². The van der Waals surface area contributed by atoms with Gasteiger partial charge in [-0.3, -0.25) is 9.59 Å². The normalized spacial score (nSPS) is 22.3. The van der Waals surface area contributed by atoms with E-state index < -0.39 is 5.41 Å². The zero-order valence-electron chi connectivity index (χ0n) is 17.9. The number of ether oxygens (including phenoxy) is 1. The molecule has 0 aromatic heterocycles. The highest BCUT2D eigenvalue weighted by molar-refractivity contribution is 6.27. The molecule has 1 aliphatic carbocycles. The number of alkyl halides is 1. The third kappa shape index (κ3) is 4.29. The maximum Gasteiger partial charge on any atom is 0.235 e. The largest absolute Gasteiger partial charge is 0.497 e. The molecule has 2 atom stereocenters. The van der Waals surface area contributed by atoms with Crippen LogP contribution in [0.15, 0.2) is 54.6 Å². The summed E-state index contributed by atoms with van der Waals surface area (Å²) in [4.78, 5) is 28.0. The Morgan fingerprint density at radius 3 is 2.35 bits per heavy atom. The van der Waals surface area contributed by atoms with Crippen molar-refractivity contribution in [3.8, 4) is 5.75 Å². The van der Waals surface area contributed by atoms with Gasteiger partial charge in [0.05, 0.1) is 18.6 Å². The zero-order chi connectivity index (χ0) is 21.8. The monoisotopic (exact) mass is 440 g/mol. The van der Waals surface area contributed by atoms with Gasteiger partial charge in [0.15, 0.2) is 0 Å². The molecule has 2 aromatic carbocycles. The number of nitrogens with one attached hydrogen (secondary N) is 1. The summed E-state index contributed by atoms with van der Waals surface area (Å²) < 4.78 is 5.28. The van der Waals surface area contributed by atoms with Gasteiger partial charge in [-0.25, -0.2) is 0 Å². The minimum absolute atomic E-state index is 0.0104. The van der Waals surface area contributed by atoms with Crippen molar-refractivity contribution in [3.05, 3.63) is 65.7 Å². The van der Waals surface area contributed by atoms with Gasteiger partial charge in [-0.15, -0.1) is 11.6 Å². The quantitative estimate of drug-likeness (QED) is 0.694. The van der Waals surface area contributed by atoms with Crippen LogP contribution in [0.4, 0.5) is 0 Å². The van der Waals surface area contributed by atoms with Gasteiger partial charge in [-0.2, -0.15) is 0 Å². The highest BCUT2D eigenvalue weighted by atomic mass is 35.5. The van der Waals surface area contributed by atoms with Crippen LogP contribution < -0.4 is 10.1 Å². The number of likely N-dealkylation sites (tertiary alicyclic amines) is 1. The van der Waals surface area contributed by atoms with E-state index in [9.17, 15) is 9.59 Å². The summed E-state index contributed by atoms with van der Waals surface area (Å²) >= 11 is 5.76. The number of amides is 2. The van der Waals surface area contributed by atoms with E-state index in [4.69, 9.17) is 16.3 Å². The van der Waals surface area contributed by atoms with Crippen LogP contribution >= 0.6 is 11.6 Å². The fourth-order valence-corrected chi connectivity index (χ4v) is 5.29. The van der Waals surface area contributed by atoms with Crippen LogP contribution in [0.1, 0.15) is 42.7 Å². The lowest BCUT2D eigenvalue weighted by molar-refractivity contribution is -0.136. The minimum atomic E-state index is -0.461. The number of carbonyl (C=O) groups is 2. The molecule has 2 aromatic rings. The van der Waals surface area contributed by atoms with E-state index in [2.05, 4.69) is 17.4 Å². The van der Waals surface area contributed by atoms with Crippen molar-refractivity contribution in [1.82, 2.24) is 10.2 Å². The molecule has 1 heterocycles. The summed E-state index contributed by atoms with van der Waals surface area (Å²) in [7, 11) is 1.64. The van der Waals surface area contributed by atoms with Crippen molar-refractivity contribution >= 4 is 23.4 Å². The SMILES string of the molecule is COc1ccc([C@@H]2CN(C(=O)C3(c4ccccc4)CCCC3)C[C@H]2NC(=O)CCl)cc1. The third-order valence-corrected chi connectivity index (χ3v) is 7.05. The highest BCUT2D eigenvalue weighted by Crippen LogP contribution is 2.44. The minimum Gasteiger partial charge on any atom is -0.497 e. The van der Waals surface area contributed by atoms with Crippen molar-refractivity contribution in [3.63, 3.8) is 0 Å². The van der Waals surface area contributed by atoms with Gasteiger partial charge in [0.25, 0.3) is 0 Å². The lowest BCUT2D eigenvalue weighted by Gasteiger charge is -2.33. The first-order valence-corrected chi connectivity index (χ1v) is 11.4. The van der Waals surface area contributed by atoms with Gasteiger partial charge < -0.3 is 15.0 Å². The Morgan fingerprint density at radius 1 is 1.06 bits per heavy atom. The third-order valence-electron chi connectivity index (χ3n) is 6.81. The topological polar surface area (TPSA) is 58.6 Å². The van der Waals surface area contributed by atoms with Crippen LogP contribution in [-0.2, 0) is 15.0 Å². The predicted octanol–water partition coefficient (Wildman–Crippen LogP) is 3.86. The number of nitrogens with zero attached hydrogens (tertiary/aromatic N) is 1. The first kappa shape index (κ1) is 21.7. The van der Waals surface area contributed by atoms with E-state index in [1.807, 2.05) is 47.4 Å². The maximum atomic E-state index is 13.9. The van der Waals surface area contributed by atoms with Crippen molar-refractivity contribution in [1.29, 1.82) is 0 Å². The number of methoxy groups -OCH3 is 1. The highest BCUT2D eigenvalue weighted by Gasteiger charge is 2.48. The molecule has 1 N–H and O–H groups in total. The molecule has 0 unspecified atom stereocenters. The fourth-order valence-electron chi connectivity index (χ4n) is 5.21. The molecular weight excluding hydrogens is 412 g/mol. The van der Waals surface area contributed by atoms with Crippen molar-refractivity contribution in [2.45, 2.75) is 43.1 Å². The van der Waals surface area contributed by atoms with Crippen LogP contribution in [0.5, 0.6) is 5.75 Å². The van der Waals surface area contributed by atoms with Gasteiger partial charge in [0.2, 0.25) is 11.8 Å². The maximum absolute atomic E-state index is 13.9. The molecule has 1 aliphatic heterocycles. The van der Waals surface area contributed by atoms with Gasteiger partial charge >= 0.3 is 0 Å². The summed E-state index contributed by atoms with van der Waals surface area (Å²) in [6, 6.07) is 17.9. The summed E-state index contributed by atoms with van der Waals surface area (Å²) in [6.07, 6.45) is 3.86. The first-order chi connectivity index (χ1) is 15.1. The van der Waals surface area contributed by atoms with E-state index in [0.29, 0.717) is 13.1 Å². The first-order valence-electron chi connectivity index (χ1n) is 10.9. The van der Waals surface area contributed by atoms with Gasteiger partial charge in [-0.1, -0.05) is 55.3 Å². The van der Waals surface area contributed by atoms with Crippen molar-refractivity contribution < 1.29 is 14.3 Å². The molecule has 0 radical (unpaired) electrons. The second kappa shape index (κ2) is 9.31. The second-order valence-corrected chi connectivity index (χ2v) is 8.82. The molecule has 0 spiro atoms. The fraction of sp³-hybridized carbons (Fsp3) is 0.440. The summed E-state index contributed by atoms with van der Waals surface area (Å²) in [5.41, 5.74) is 1.72. The summed E-state index contributed by atoms with van der Waals surface area (Å²) in [5, 5.41) is 3.04. The Balaban J connectivity index is 1.62. The molecule has 6 heteroatoms. The van der Waals surface area contributed by atoms with E-state index in [1.165, 1.54) is 0 Å². The Labute approximate surface area is 188 Å². The molecule has 4 rings (SSSR count).